The van der Waals surface area contributed by atoms with Gasteiger partial charge in [-0.05, 0) is 54.1 Å². The molecular formula is C19H22F3NO4S. The number of thiophene rings is 1. The standard InChI is InChI=1S/C12H7F3O2S.C7H15NO2/c13-12(14,15)17-10-3-1-8(2-4-10)9-5-11(6-16)18-7-9;8-6-4-2-1-3-5-7(9)10/h1-7H;1-6,8H2,(H,9,10). The van der Waals surface area contributed by atoms with Crippen LogP contribution in [0, 0.1) is 0 Å². The molecule has 1 heterocycles. The molecule has 0 aliphatic rings. The zero-order chi connectivity index (χ0) is 21.0. The lowest BCUT2D eigenvalue weighted by atomic mass is 10.1. The molecule has 0 radical (unpaired) electrons. The minimum Gasteiger partial charge on any atom is -0.481 e. The number of ether oxygens (including phenoxy) is 1. The third-order valence-electron chi connectivity index (χ3n) is 3.50. The highest BCUT2D eigenvalue weighted by Gasteiger charge is 2.30. The van der Waals surface area contributed by atoms with Crippen molar-refractivity contribution in [3.05, 3.63) is 40.6 Å². The van der Waals surface area contributed by atoms with Crippen molar-refractivity contribution in [2.75, 3.05) is 6.54 Å². The molecule has 0 amide bonds. The molecule has 154 valence electrons. The fourth-order valence-corrected chi connectivity index (χ4v) is 2.91. The Kier molecular flexibility index (Phi) is 10.3. The van der Waals surface area contributed by atoms with Gasteiger partial charge in [-0.15, -0.1) is 24.5 Å². The Morgan fingerprint density at radius 1 is 1.11 bits per heavy atom. The first-order chi connectivity index (χ1) is 13.2. The van der Waals surface area contributed by atoms with E-state index in [0.717, 1.165) is 43.1 Å². The monoisotopic (exact) mass is 417 g/mol. The van der Waals surface area contributed by atoms with Crippen LogP contribution in [-0.2, 0) is 4.79 Å². The molecule has 1 aromatic heterocycles. The summed E-state index contributed by atoms with van der Waals surface area (Å²) < 4.78 is 39.6. The van der Waals surface area contributed by atoms with Crippen molar-refractivity contribution >= 4 is 23.6 Å². The van der Waals surface area contributed by atoms with Gasteiger partial charge in [-0.1, -0.05) is 25.0 Å². The minimum absolute atomic E-state index is 0.267. The van der Waals surface area contributed by atoms with Gasteiger partial charge >= 0.3 is 12.3 Å². The van der Waals surface area contributed by atoms with Crippen LogP contribution in [0.3, 0.4) is 0 Å². The Morgan fingerprint density at radius 3 is 2.25 bits per heavy atom. The normalized spacial score (nSPS) is 10.7. The summed E-state index contributed by atoms with van der Waals surface area (Å²) in [5.41, 5.74) is 6.78. The number of carbonyl (C=O) groups excluding carboxylic acids is 1. The number of carbonyl (C=O) groups is 2. The zero-order valence-corrected chi connectivity index (χ0v) is 15.9. The van der Waals surface area contributed by atoms with E-state index in [4.69, 9.17) is 10.8 Å². The van der Waals surface area contributed by atoms with Crippen molar-refractivity contribution in [3.8, 4) is 16.9 Å². The van der Waals surface area contributed by atoms with Crippen LogP contribution in [0.25, 0.3) is 11.1 Å². The number of unbranched alkanes of at least 4 members (excludes halogenated alkanes) is 3. The van der Waals surface area contributed by atoms with Crippen LogP contribution in [0.15, 0.2) is 35.7 Å². The van der Waals surface area contributed by atoms with Gasteiger partial charge in [0, 0.05) is 6.42 Å². The lowest BCUT2D eigenvalue weighted by Gasteiger charge is -2.08. The second-order valence-electron chi connectivity index (χ2n) is 5.77. The van der Waals surface area contributed by atoms with Crippen LogP contribution in [0.5, 0.6) is 5.75 Å². The van der Waals surface area contributed by atoms with Crippen molar-refractivity contribution in [1.29, 1.82) is 0 Å². The summed E-state index contributed by atoms with van der Waals surface area (Å²) in [6.07, 6.45) is 0.191. The van der Waals surface area contributed by atoms with Gasteiger partial charge in [0.15, 0.2) is 6.29 Å². The highest BCUT2D eigenvalue weighted by Crippen LogP contribution is 2.28. The third kappa shape index (κ3) is 10.1. The van der Waals surface area contributed by atoms with Crippen molar-refractivity contribution in [1.82, 2.24) is 0 Å². The van der Waals surface area contributed by atoms with E-state index in [1.165, 1.54) is 35.6 Å². The van der Waals surface area contributed by atoms with E-state index in [-0.39, 0.29) is 5.75 Å². The number of nitrogens with two attached hydrogens (primary N) is 1. The summed E-state index contributed by atoms with van der Waals surface area (Å²) in [6.45, 7) is 0.715. The first-order valence-electron chi connectivity index (χ1n) is 8.57. The molecule has 3 N–H and O–H groups in total. The molecule has 0 atom stereocenters. The highest BCUT2D eigenvalue weighted by molar-refractivity contribution is 7.12. The second kappa shape index (κ2) is 12.1. The van der Waals surface area contributed by atoms with E-state index in [2.05, 4.69) is 4.74 Å². The number of aliphatic carboxylic acids is 1. The number of rotatable bonds is 9. The van der Waals surface area contributed by atoms with Gasteiger partial charge in [0.25, 0.3) is 0 Å². The van der Waals surface area contributed by atoms with Crippen molar-refractivity contribution in [2.24, 2.45) is 5.73 Å². The van der Waals surface area contributed by atoms with Crippen LogP contribution >= 0.6 is 11.3 Å². The first kappa shape index (κ1) is 23.6. The van der Waals surface area contributed by atoms with E-state index in [0.29, 0.717) is 17.8 Å². The van der Waals surface area contributed by atoms with Gasteiger partial charge in [-0.25, -0.2) is 0 Å². The lowest BCUT2D eigenvalue weighted by Crippen LogP contribution is -2.16. The van der Waals surface area contributed by atoms with E-state index in [1.54, 1.807) is 11.4 Å². The van der Waals surface area contributed by atoms with Crippen LogP contribution in [-0.4, -0.2) is 30.3 Å². The molecule has 0 saturated heterocycles. The summed E-state index contributed by atoms with van der Waals surface area (Å²) in [6, 6.07) is 7.18. The average molecular weight is 417 g/mol. The van der Waals surface area contributed by atoms with Gasteiger partial charge in [-0.3, -0.25) is 9.59 Å². The Bertz CT molecular complexity index is 730. The third-order valence-corrected chi connectivity index (χ3v) is 4.36. The predicted molar refractivity (Wildman–Crippen MR) is 102 cm³/mol. The fraction of sp³-hybridized carbons (Fsp3) is 0.368. The molecule has 0 aliphatic heterocycles. The van der Waals surface area contributed by atoms with Gasteiger partial charge in [-0.2, -0.15) is 0 Å². The lowest BCUT2D eigenvalue weighted by molar-refractivity contribution is -0.274. The van der Waals surface area contributed by atoms with E-state index < -0.39 is 12.3 Å². The molecule has 0 bridgehead atoms. The van der Waals surface area contributed by atoms with Gasteiger partial charge in [0.2, 0.25) is 0 Å². The van der Waals surface area contributed by atoms with Gasteiger partial charge < -0.3 is 15.6 Å². The largest absolute Gasteiger partial charge is 0.573 e. The molecule has 2 rings (SSSR count). The summed E-state index contributed by atoms with van der Waals surface area (Å²) in [5, 5.41) is 10.0. The number of alkyl halides is 3. The summed E-state index contributed by atoms with van der Waals surface area (Å²) in [4.78, 5) is 21.1. The van der Waals surface area contributed by atoms with E-state index in [1.807, 2.05) is 0 Å². The molecule has 28 heavy (non-hydrogen) atoms. The second-order valence-corrected chi connectivity index (χ2v) is 6.72. The molecule has 0 saturated carbocycles. The number of aldehydes is 1. The molecule has 0 unspecified atom stereocenters. The Morgan fingerprint density at radius 2 is 1.75 bits per heavy atom. The fourth-order valence-electron chi connectivity index (χ4n) is 2.19. The van der Waals surface area contributed by atoms with Crippen molar-refractivity contribution in [3.63, 3.8) is 0 Å². The number of benzene rings is 1. The Labute approximate surface area is 164 Å². The molecular weight excluding hydrogens is 395 g/mol. The van der Waals surface area contributed by atoms with Crippen LogP contribution in [0.1, 0.15) is 41.8 Å². The summed E-state index contributed by atoms with van der Waals surface area (Å²) in [5.74, 6) is -0.968. The van der Waals surface area contributed by atoms with Crippen molar-refractivity contribution < 1.29 is 32.6 Å². The van der Waals surface area contributed by atoms with Crippen LogP contribution in [0.2, 0.25) is 0 Å². The average Bonchev–Trinajstić information content (AvgIpc) is 3.10. The minimum atomic E-state index is -4.69. The molecule has 9 heteroatoms. The predicted octanol–water partition coefficient (Wildman–Crippen LogP) is 5.11. The maximum absolute atomic E-state index is 12.0. The number of hydrogen-bond donors (Lipinski definition) is 2. The highest BCUT2D eigenvalue weighted by atomic mass is 32.1. The van der Waals surface area contributed by atoms with Crippen molar-refractivity contribution in [2.45, 2.75) is 38.5 Å². The molecule has 5 nitrogen and oxygen atoms in total. The van der Waals surface area contributed by atoms with Gasteiger partial charge in [0.1, 0.15) is 5.75 Å². The van der Waals surface area contributed by atoms with E-state index >= 15 is 0 Å². The Balaban J connectivity index is 0.000000336. The molecule has 0 aliphatic carbocycles. The number of hydrogen-bond acceptors (Lipinski definition) is 5. The topological polar surface area (TPSA) is 89.6 Å². The quantitative estimate of drug-likeness (QED) is 0.437. The van der Waals surface area contributed by atoms with E-state index in [9.17, 15) is 22.8 Å². The smallest absolute Gasteiger partial charge is 0.481 e. The molecule has 0 fully saturated rings. The number of carboxylic acid groups (broad SMARTS) is 1. The first-order valence-corrected chi connectivity index (χ1v) is 9.45. The van der Waals surface area contributed by atoms with Crippen LogP contribution < -0.4 is 10.5 Å². The molecule has 0 spiro atoms. The zero-order valence-electron chi connectivity index (χ0n) is 15.1. The maximum Gasteiger partial charge on any atom is 0.573 e. The maximum atomic E-state index is 12.0. The number of halogens is 3. The summed E-state index contributed by atoms with van der Waals surface area (Å²) >= 11 is 1.28. The van der Waals surface area contributed by atoms with Gasteiger partial charge in [0.05, 0.1) is 4.88 Å². The SMILES string of the molecule is NCCCCCCC(=O)O.O=Cc1cc(-c2ccc(OC(F)(F)F)cc2)cs1. The Hall–Kier alpha value is -2.39. The molecule has 1 aromatic carbocycles. The summed E-state index contributed by atoms with van der Waals surface area (Å²) in [7, 11) is 0. The molecule has 2 aromatic rings. The van der Waals surface area contributed by atoms with Crippen LogP contribution in [0.4, 0.5) is 13.2 Å². The number of carboxylic acids is 1.